The van der Waals surface area contributed by atoms with E-state index in [1.807, 2.05) is 0 Å². The Hall–Kier alpha value is -1.44. The van der Waals surface area contributed by atoms with Crippen LogP contribution in [0.4, 0.5) is 5.69 Å². The summed E-state index contributed by atoms with van der Waals surface area (Å²) in [6.45, 7) is 0.0191. The molecule has 0 radical (unpaired) electrons. The molecule has 0 fully saturated rings. The molecule has 9 heteroatoms. The van der Waals surface area contributed by atoms with Gasteiger partial charge in [0.15, 0.2) is 0 Å². The minimum atomic E-state index is -0.570. The van der Waals surface area contributed by atoms with Crippen molar-refractivity contribution in [1.29, 1.82) is 0 Å². The molecule has 0 N–H and O–H groups in total. The van der Waals surface area contributed by atoms with Gasteiger partial charge in [0, 0.05) is 11.1 Å². The zero-order valence-electron chi connectivity index (χ0n) is 9.72. The summed E-state index contributed by atoms with van der Waals surface area (Å²) in [4.78, 5) is 18.2. The van der Waals surface area contributed by atoms with Crippen molar-refractivity contribution in [2.24, 2.45) is 0 Å². The maximum absolute atomic E-state index is 11.0. The fourth-order valence-corrected chi connectivity index (χ4v) is 2.39. The smallest absolute Gasteiger partial charge is 0.313 e. The highest BCUT2D eigenvalue weighted by Crippen LogP contribution is 2.38. The molecular formula is C11H6BrCl2N3O3. The minimum absolute atomic E-state index is 0.0191. The molecular weight excluding hydrogens is 373 g/mol. The second kappa shape index (κ2) is 6.34. The summed E-state index contributed by atoms with van der Waals surface area (Å²) in [6.07, 6.45) is 2.80. The van der Waals surface area contributed by atoms with Crippen molar-refractivity contribution in [3.8, 4) is 5.75 Å². The van der Waals surface area contributed by atoms with Crippen LogP contribution in [0.1, 0.15) is 5.69 Å². The highest BCUT2D eigenvalue weighted by molar-refractivity contribution is 9.10. The SMILES string of the molecule is O=[N+]([O-])c1cc(Cl)cc(Br)c1OCc1cnc(Cl)cn1. The Kier molecular flexibility index (Phi) is 4.74. The molecule has 0 saturated heterocycles. The summed E-state index contributed by atoms with van der Waals surface area (Å²) in [5, 5.41) is 11.5. The number of benzene rings is 1. The van der Waals surface area contributed by atoms with Crippen LogP contribution in [-0.2, 0) is 6.61 Å². The monoisotopic (exact) mass is 377 g/mol. The predicted octanol–water partition coefficient (Wildman–Crippen LogP) is 4.03. The molecule has 1 aromatic carbocycles. The van der Waals surface area contributed by atoms with Gasteiger partial charge in [-0.15, -0.1) is 0 Å². The molecule has 0 bridgehead atoms. The van der Waals surface area contributed by atoms with Gasteiger partial charge in [-0.05, 0) is 22.0 Å². The zero-order chi connectivity index (χ0) is 14.7. The van der Waals surface area contributed by atoms with Crippen molar-refractivity contribution in [2.45, 2.75) is 6.61 Å². The second-order valence-corrected chi connectivity index (χ2v) is 5.29. The van der Waals surface area contributed by atoms with E-state index in [0.29, 0.717) is 10.2 Å². The van der Waals surface area contributed by atoms with Crippen molar-refractivity contribution in [1.82, 2.24) is 9.97 Å². The van der Waals surface area contributed by atoms with Gasteiger partial charge in [0.1, 0.15) is 11.8 Å². The number of ether oxygens (including phenoxy) is 1. The lowest BCUT2D eigenvalue weighted by atomic mass is 10.3. The number of rotatable bonds is 4. The first-order valence-corrected chi connectivity index (χ1v) is 6.75. The summed E-state index contributed by atoms with van der Waals surface area (Å²) in [6, 6.07) is 2.73. The van der Waals surface area contributed by atoms with E-state index in [0.717, 1.165) is 0 Å². The van der Waals surface area contributed by atoms with Crippen LogP contribution in [0, 0.1) is 10.1 Å². The molecule has 0 atom stereocenters. The summed E-state index contributed by atoms with van der Waals surface area (Å²) >= 11 is 14.6. The fraction of sp³-hybridized carbons (Fsp3) is 0.0909. The Labute approximate surface area is 132 Å². The quantitative estimate of drug-likeness (QED) is 0.592. The van der Waals surface area contributed by atoms with E-state index in [4.69, 9.17) is 27.9 Å². The van der Waals surface area contributed by atoms with Gasteiger partial charge in [-0.25, -0.2) is 4.98 Å². The minimum Gasteiger partial charge on any atom is -0.479 e. The van der Waals surface area contributed by atoms with Crippen LogP contribution in [0.5, 0.6) is 5.75 Å². The third-order valence-corrected chi connectivity index (χ3v) is 3.23. The molecule has 1 heterocycles. The predicted molar refractivity (Wildman–Crippen MR) is 77.2 cm³/mol. The Balaban J connectivity index is 2.24. The molecule has 0 spiro atoms. The second-order valence-electron chi connectivity index (χ2n) is 3.61. The van der Waals surface area contributed by atoms with Gasteiger partial charge in [0.2, 0.25) is 5.75 Å². The van der Waals surface area contributed by atoms with Crippen LogP contribution in [0.2, 0.25) is 10.2 Å². The van der Waals surface area contributed by atoms with E-state index < -0.39 is 4.92 Å². The van der Waals surface area contributed by atoms with Crippen LogP contribution in [0.25, 0.3) is 0 Å². The summed E-state index contributed by atoms with van der Waals surface area (Å²) in [5.74, 6) is 0.0798. The third-order valence-electron chi connectivity index (χ3n) is 2.22. The normalized spacial score (nSPS) is 10.3. The molecule has 0 aliphatic carbocycles. The van der Waals surface area contributed by atoms with Crippen molar-refractivity contribution in [3.05, 3.63) is 55.0 Å². The molecule has 6 nitrogen and oxygen atoms in total. The summed E-state index contributed by atoms with van der Waals surface area (Å²) in [5.41, 5.74) is 0.261. The Bertz CT molecular complexity index is 652. The van der Waals surface area contributed by atoms with Crippen molar-refractivity contribution in [2.75, 3.05) is 0 Å². The fourth-order valence-electron chi connectivity index (χ4n) is 1.38. The van der Waals surface area contributed by atoms with Gasteiger partial charge in [-0.2, -0.15) is 0 Å². The zero-order valence-corrected chi connectivity index (χ0v) is 12.8. The van der Waals surface area contributed by atoms with Crippen LogP contribution in [0.15, 0.2) is 29.0 Å². The third kappa shape index (κ3) is 3.56. The Morgan fingerprint density at radius 1 is 1.30 bits per heavy atom. The lowest BCUT2D eigenvalue weighted by Gasteiger charge is -2.08. The molecule has 2 aromatic rings. The lowest BCUT2D eigenvalue weighted by molar-refractivity contribution is -0.386. The Morgan fingerprint density at radius 2 is 2.05 bits per heavy atom. The average molecular weight is 379 g/mol. The number of aromatic nitrogens is 2. The molecule has 104 valence electrons. The number of halogens is 3. The topological polar surface area (TPSA) is 78.2 Å². The number of hydrogen-bond donors (Lipinski definition) is 0. The highest BCUT2D eigenvalue weighted by Gasteiger charge is 2.20. The van der Waals surface area contributed by atoms with E-state index in [-0.39, 0.29) is 28.2 Å². The number of nitro groups is 1. The van der Waals surface area contributed by atoms with E-state index in [2.05, 4.69) is 25.9 Å². The molecule has 1 aromatic heterocycles. The number of hydrogen-bond acceptors (Lipinski definition) is 5. The first kappa shape index (κ1) is 15.0. The van der Waals surface area contributed by atoms with E-state index in [1.165, 1.54) is 24.5 Å². The van der Waals surface area contributed by atoms with E-state index in [9.17, 15) is 10.1 Å². The highest BCUT2D eigenvalue weighted by atomic mass is 79.9. The Morgan fingerprint density at radius 3 is 2.65 bits per heavy atom. The molecule has 0 amide bonds. The summed E-state index contributed by atoms with van der Waals surface area (Å²) < 4.78 is 5.80. The van der Waals surface area contributed by atoms with E-state index in [1.54, 1.807) is 0 Å². The van der Waals surface area contributed by atoms with Crippen LogP contribution >= 0.6 is 39.1 Å². The van der Waals surface area contributed by atoms with Crippen molar-refractivity contribution >= 4 is 44.8 Å². The van der Waals surface area contributed by atoms with E-state index >= 15 is 0 Å². The summed E-state index contributed by atoms with van der Waals surface area (Å²) in [7, 11) is 0. The molecule has 0 saturated carbocycles. The molecule has 2 rings (SSSR count). The van der Waals surface area contributed by atoms with Crippen LogP contribution < -0.4 is 4.74 Å². The van der Waals surface area contributed by atoms with Gasteiger partial charge in [-0.3, -0.25) is 15.1 Å². The van der Waals surface area contributed by atoms with Crippen molar-refractivity contribution in [3.63, 3.8) is 0 Å². The molecule has 0 aliphatic rings. The first-order chi connectivity index (χ1) is 9.47. The number of nitro benzene ring substituents is 1. The van der Waals surface area contributed by atoms with Crippen LogP contribution in [0.3, 0.4) is 0 Å². The van der Waals surface area contributed by atoms with Gasteiger partial charge in [-0.1, -0.05) is 23.2 Å². The molecule has 0 aliphatic heterocycles. The van der Waals surface area contributed by atoms with Gasteiger partial charge >= 0.3 is 5.69 Å². The maximum Gasteiger partial charge on any atom is 0.313 e. The van der Waals surface area contributed by atoms with Gasteiger partial charge in [0.25, 0.3) is 0 Å². The molecule has 0 unspecified atom stereocenters. The van der Waals surface area contributed by atoms with Crippen molar-refractivity contribution < 1.29 is 9.66 Å². The first-order valence-electron chi connectivity index (χ1n) is 5.20. The lowest BCUT2D eigenvalue weighted by Crippen LogP contribution is -2.02. The van der Waals surface area contributed by atoms with Gasteiger partial charge in [0.05, 0.1) is 27.5 Å². The number of nitrogens with zero attached hydrogens (tertiary/aromatic N) is 3. The molecule has 20 heavy (non-hydrogen) atoms. The van der Waals surface area contributed by atoms with Gasteiger partial charge < -0.3 is 4.74 Å². The standard InChI is InChI=1S/C11H6BrCl2N3O3/c12-8-1-6(13)2-9(17(18)19)11(8)20-5-7-3-16-10(14)4-15-7/h1-4H,5H2. The van der Waals surface area contributed by atoms with Crippen LogP contribution in [-0.4, -0.2) is 14.9 Å². The maximum atomic E-state index is 11.0. The average Bonchev–Trinajstić information content (AvgIpc) is 2.38. The largest absolute Gasteiger partial charge is 0.479 e.